The molecule has 0 amide bonds. The van der Waals surface area contributed by atoms with Gasteiger partial charge in [-0.15, -0.1) is 0 Å². The molecule has 0 aliphatic heterocycles. The molecule has 0 aliphatic carbocycles. The van der Waals surface area contributed by atoms with Gasteiger partial charge in [0.1, 0.15) is 16.7 Å². The van der Waals surface area contributed by atoms with Gasteiger partial charge >= 0.3 is 0 Å². The number of pyridine rings is 1. The highest BCUT2D eigenvalue weighted by atomic mass is 79.9. The number of halogens is 1. The Kier molecular flexibility index (Phi) is 4.77. The van der Waals surface area contributed by atoms with Crippen molar-refractivity contribution in [3.05, 3.63) is 47.2 Å². The molecule has 21 heavy (non-hydrogen) atoms. The van der Waals surface area contributed by atoms with Gasteiger partial charge in [-0.3, -0.25) is 9.71 Å². The number of hydrogen-bond acceptors (Lipinski definition) is 5. The molecule has 0 unspecified atom stereocenters. The predicted molar refractivity (Wildman–Crippen MR) is 80.3 cm³/mol. The number of nitrogens with zero attached hydrogens (tertiary/aromatic N) is 2. The van der Waals surface area contributed by atoms with E-state index in [0.717, 1.165) is 0 Å². The topological polar surface area (TPSA) is 92.1 Å². The van der Waals surface area contributed by atoms with E-state index in [9.17, 15) is 8.42 Å². The van der Waals surface area contributed by atoms with Crippen LogP contribution >= 0.6 is 15.9 Å². The average molecular weight is 368 g/mol. The summed E-state index contributed by atoms with van der Waals surface area (Å²) in [6.07, 6.45) is 2.76. The molecule has 1 aromatic carbocycles. The van der Waals surface area contributed by atoms with E-state index in [1.165, 1.54) is 18.5 Å². The van der Waals surface area contributed by atoms with E-state index in [-0.39, 0.29) is 11.5 Å². The van der Waals surface area contributed by atoms with Gasteiger partial charge in [0.15, 0.2) is 6.61 Å². The first-order chi connectivity index (χ1) is 10.0. The molecular formula is C13H10BrN3O3S. The molecule has 6 nitrogen and oxygen atoms in total. The van der Waals surface area contributed by atoms with Gasteiger partial charge in [0.05, 0.1) is 0 Å². The third-order valence-corrected chi connectivity index (χ3v) is 4.18. The molecule has 108 valence electrons. The first kappa shape index (κ1) is 15.3. The number of sulfonamides is 1. The van der Waals surface area contributed by atoms with Gasteiger partial charge in [-0.05, 0) is 46.3 Å². The van der Waals surface area contributed by atoms with E-state index >= 15 is 0 Å². The van der Waals surface area contributed by atoms with Crippen molar-refractivity contribution in [1.29, 1.82) is 5.26 Å². The first-order valence-corrected chi connectivity index (χ1v) is 8.02. The molecule has 1 aromatic heterocycles. The van der Waals surface area contributed by atoms with Crippen LogP contribution in [0.1, 0.15) is 0 Å². The van der Waals surface area contributed by atoms with Crippen LogP contribution in [-0.2, 0) is 10.0 Å². The van der Waals surface area contributed by atoms with Gasteiger partial charge in [0, 0.05) is 22.6 Å². The maximum atomic E-state index is 12.2. The molecule has 0 saturated heterocycles. The van der Waals surface area contributed by atoms with Crippen molar-refractivity contribution < 1.29 is 13.2 Å². The monoisotopic (exact) mass is 367 g/mol. The van der Waals surface area contributed by atoms with E-state index < -0.39 is 10.0 Å². The van der Waals surface area contributed by atoms with Crippen molar-refractivity contribution in [2.75, 3.05) is 11.3 Å². The minimum Gasteiger partial charge on any atom is -0.479 e. The lowest BCUT2D eigenvalue weighted by molar-refractivity contribution is 0.368. The highest BCUT2D eigenvalue weighted by Gasteiger charge is 2.15. The minimum atomic E-state index is -3.70. The first-order valence-electron chi connectivity index (χ1n) is 5.74. The number of benzene rings is 1. The van der Waals surface area contributed by atoms with Crippen LogP contribution in [-0.4, -0.2) is 20.0 Å². The van der Waals surface area contributed by atoms with Crippen LogP contribution in [0.4, 0.5) is 5.69 Å². The number of hydrogen-bond donors (Lipinski definition) is 1. The van der Waals surface area contributed by atoms with Gasteiger partial charge in [-0.2, -0.15) is 5.26 Å². The fraction of sp³-hybridized carbons (Fsp3) is 0.0769. The van der Waals surface area contributed by atoms with Crippen molar-refractivity contribution >= 4 is 31.6 Å². The molecule has 2 rings (SSSR count). The van der Waals surface area contributed by atoms with E-state index in [0.29, 0.717) is 15.9 Å². The van der Waals surface area contributed by atoms with Gasteiger partial charge in [0.2, 0.25) is 0 Å². The molecule has 0 radical (unpaired) electrons. The SMILES string of the molecule is N#CCOc1ccc(NS(=O)(=O)c2cncc(Br)c2)cc1. The summed E-state index contributed by atoms with van der Waals surface area (Å²) in [4.78, 5) is 3.88. The van der Waals surface area contributed by atoms with E-state index in [1.54, 1.807) is 24.3 Å². The van der Waals surface area contributed by atoms with Crippen molar-refractivity contribution in [1.82, 2.24) is 4.98 Å². The Morgan fingerprint density at radius 2 is 2.00 bits per heavy atom. The zero-order valence-electron chi connectivity index (χ0n) is 10.7. The van der Waals surface area contributed by atoms with E-state index in [4.69, 9.17) is 10.00 Å². The van der Waals surface area contributed by atoms with Crippen LogP contribution in [0.25, 0.3) is 0 Å². The summed E-state index contributed by atoms with van der Waals surface area (Å²) in [6.45, 7) is -0.0607. The van der Waals surface area contributed by atoms with Crippen molar-refractivity contribution in [3.8, 4) is 11.8 Å². The third-order valence-electron chi connectivity index (χ3n) is 2.40. The number of nitrogens with one attached hydrogen (secondary N) is 1. The van der Waals surface area contributed by atoms with Gasteiger partial charge < -0.3 is 4.74 Å². The highest BCUT2D eigenvalue weighted by Crippen LogP contribution is 2.20. The Balaban J connectivity index is 2.15. The molecule has 2 aromatic rings. The summed E-state index contributed by atoms with van der Waals surface area (Å²) >= 11 is 3.18. The molecule has 1 N–H and O–H groups in total. The summed E-state index contributed by atoms with van der Waals surface area (Å²) in [5, 5.41) is 8.41. The van der Waals surface area contributed by atoms with Crippen LogP contribution in [0.2, 0.25) is 0 Å². The number of nitriles is 1. The lowest BCUT2D eigenvalue weighted by atomic mass is 10.3. The zero-order chi connectivity index (χ0) is 15.3. The lowest BCUT2D eigenvalue weighted by Crippen LogP contribution is -2.13. The van der Waals surface area contributed by atoms with Gasteiger partial charge in [-0.1, -0.05) is 0 Å². The van der Waals surface area contributed by atoms with Crippen LogP contribution in [0.15, 0.2) is 52.1 Å². The lowest BCUT2D eigenvalue weighted by Gasteiger charge is -2.09. The standard InChI is InChI=1S/C13H10BrN3O3S/c14-10-7-13(9-16-8-10)21(18,19)17-11-1-3-12(4-2-11)20-6-5-15/h1-4,7-9,17H,6H2. The Morgan fingerprint density at radius 3 is 2.62 bits per heavy atom. The highest BCUT2D eigenvalue weighted by molar-refractivity contribution is 9.10. The minimum absolute atomic E-state index is 0.0571. The molecule has 1 heterocycles. The van der Waals surface area contributed by atoms with Crippen LogP contribution in [0.3, 0.4) is 0 Å². The number of rotatable bonds is 5. The van der Waals surface area contributed by atoms with Crippen LogP contribution in [0, 0.1) is 11.3 Å². The molecule has 0 fully saturated rings. The predicted octanol–water partition coefficient (Wildman–Crippen LogP) is 2.55. The molecule has 0 aliphatic rings. The second kappa shape index (κ2) is 6.56. The molecule has 0 atom stereocenters. The Bertz CT molecular complexity index is 770. The van der Waals surface area contributed by atoms with E-state index in [1.807, 2.05) is 6.07 Å². The van der Waals surface area contributed by atoms with Gasteiger partial charge in [-0.25, -0.2) is 8.42 Å². The van der Waals surface area contributed by atoms with Crippen molar-refractivity contribution in [2.24, 2.45) is 0 Å². The Labute approximate surface area is 130 Å². The summed E-state index contributed by atoms with van der Waals surface area (Å²) in [6, 6.07) is 9.57. The molecule has 0 saturated carbocycles. The van der Waals surface area contributed by atoms with Crippen molar-refractivity contribution in [3.63, 3.8) is 0 Å². The summed E-state index contributed by atoms with van der Waals surface area (Å²) in [7, 11) is -3.70. The summed E-state index contributed by atoms with van der Waals surface area (Å²) in [5.74, 6) is 0.489. The fourth-order valence-corrected chi connectivity index (χ4v) is 3.05. The quantitative estimate of drug-likeness (QED) is 0.876. The number of aromatic nitrogens is 1. The average Bonchev–Trinajstić information content (AvgIpc) is 2.46. The third kappa shape index (κ3) is 4.18. The maximum Gasteiger partial charge on any atom is 0.263 e. The second-order valence-corrected chi connectivity index (χ2v) is 6.51. The molecule has 8 heteroatoms. The summed E-state index contributed by atoms with van der Waals surface area (Å²) < 4.78 is 32.4. The fourth-order valence-electron chi connectivity index (χ4n) is 1.49. The Morgan fingerprint density at radius 1 is 1.29 bits per heavy atom. The maximum absolute atomic E-state index is 12.2. The van der Waals surface area contributed by atoms with Crippen LogP contribution in [0.5, 0.6) is 5.75 Å². The number of anilines is 1. The van der Waals surface area contributed by atoms with Gasteiger partial charge in [0.25, 0.3) is 10.0 Å². The normalized spacial score (nSPS) is 10.7. The second-order valence-electron chi connectivity index (χ2n) is 3.92. The summed E-state index contributed by atoms with van der Waals surface area (Å²) in [5.41, 5.74) is 0.388. The zero-order valence-corrected chi connectivity index (χ0v) is 13.1. The molecular weight excluding hydrogens is 358 g/mol. The van der Waals surface area contributed by atoms with Crippen LogP contribution < -0.4 is 9.46 Å². The largest absolute Gasteiger partial charge is 0.479 e. The van der Waals surface area contributed by atoms with Crippen molar-refractivity contribution in [2.45, 2.75) is 4.90 Å². The smallest absolute Gasteiger partial charge is 0.263 e. The molecule has 0 spiro atoms. The van der Waals surface area contributed by atoms with E-state index in [2.05, 4.69) is 25.6 Å². The number of ether oxygens (including phenoxy) is 1. The Hall–Kier alpha value is -2.11. The molecule has 0 bridgehead atoms.